The quantitative estimate of drug-likeness (QED) is 0.601. The Morgan fingerprint density at radius 3 is 2.31 bits per heavy atom. The maximum absolute atomic E-state index is 10.6. The van der Waals surface area contributed by atoms with E-state index >= 15 is 0 Å². The minimum absolute atomic E-state index is 0.0930. The molecule has 0 aliphatic heterocycles. The molecule has 0 amide bonds. The van der Waals surface area contributed by atoms with Gasteiger partial charge in [0.05, 0.1) is 0 Å². The van der Waals surface area contributed by atoms with Crippen molar-refractivity contribution in [2.75, 3.05) is 20.2 Å². The van der Waals surface area contributed by atoms with Crippen LogP contribution in [-0.2, 0) is 19.1 Å². The van der Waals surface area contributed by atoms with E-state index in [0.29, 0.717) is 6.54 Å². The standard InChI is InChI=1S/C8H15NO4/c1-6(10)12-5-8(4-9-3)13-7(2)11/h8-9H,4-5H2,1-3H3/t8-/m1/s1. The van der Waals surface area contributed by atoms with Crippen LogP contribution in [0.1, 0.15) is 13.8 Å². The molecule has 0 heterocycles. The Balaban J connectivity index is 3.79. The lowest BCUT2D eigenvalue weighted by Crippen LogP contribution is -2.33. The van der Waals surface area contributed by atoms with Gasteiger partial charge in [0, 0.05) is 20.4 Å². The largest absolute Gasteiger partial charge is 0.462 e. The molecule has 0 unspecified atom stereocenters. The van der Waals surface area contributed by atoms with Crippen molar-refractivity contribution in [1.29, 1.82) is 0 Å². The smallest absolute Gasteiger partial charge is 0.303 e. The SMILES string of the molecule is CNC[C@H](COC(C)=O)OC(C)=O. The third-order valence-electron chi connectivity index (χ3n) is 1.24. The molecule has 1 N–H and O–H groups in total. The zero-order chi connectivity index (χ0) is 10.3. The van der Waals surface area contributed by atoms with Crippen LogP contribution < -0.4 is 5.32 Å². The molecular weight excluding hydrogens is 174 g/mol. The van der Waals surface area contributed by atoms with Gasteiger partial charge in [0.2, 0.25) is 0 Å². The number of rotatable bonds is 5. The van der Waals surface area contributed by atoms with Crippen molar-refractivity contribution in [2.45, 2.75) is 20.0 Å². The third-order valence-corrected chi connectivity index (χ3v) is 1.24. The van der Waals surface area contributed by atoms with Gasteiger partial charge in [-0.05, 0) is 7.05 Å². The van der Waals surface area contributed by atoms with Gasteiger partial charge in [-0.25, -0.2) is 0 Å². The highest BCUT2D eigenvalue weighted by Gasteiger charge is 2.12. The Bertz CT molecular complexity index is 181. The fourth-order valence-corrected chi connectivity index (χ4v) is 0.807. The summed E-state index contributed by atoms with van der Waals surface area (Å²) >= 11 is 0. The van der Waals surface area contributed by atoms with Crippen LogP contribution in [0, 0.1) is 0 Å². The van der Waals surface area contributed by atoms with Crippen LogP contribution in [0.15, 0.2) is 0 Å². The molecule has 0 fully saturated rings. The second kappa shape index (κ2) is 6.42. The highest BCUT2D eigenvalue weighted by atomic mass is 16.6. The molecule has 0 rings (SSSR count). The second-order valence-electron chi connectivity index (χ2n) is 2.59. The lowest BCUT2D eigenvalue weighted by molar-refractivity contribution is -0.155. The molecule has 76 valence electrons. The van der Waals surface area contributed by atoms with Gasteiger partial charge in [-0.3, -0.25) is 9.59 Å². The van der Waals surface area contributed by atoms with Gasteiger partial charge in [-0.1, -0.05) is 0 Å². The van der Waals surface area contributed by atoms with Gasteiger partial charge in [0.1, 0.15) is 12.7 Å². The number of carbonyl (C=O) groups excluding carboxylic acids is 2. The van der Waals surface area contributed by atoms with Gasteiger partial charge >= 0.3 is 11.9 Å². The molecule has 5 heteroatoms. The summed E-state index contributed by atoms with van der Waals surface area (Å²) in [4.78, 5) is 21.0. The third kappa shape index (κ3) is 7.27. The van der Waals surface area contributed by atoms with E-state index in [1.807, 2.05) is 0 Å². The molecule has 0 radical (unpaired) electrons. The lowest BCUT2D eigenvalue weighted by atomic mass is 10.4. The van der Waals surface area contributed by atoms with E-state index in [2.05, 4.69) is 5.32 Å². The van der Waals surface area contributed by atoms with Gasteiger partial charge in [0.15, 0.2) is 0 Å². The molecule has 0 saturated carbocycles. The first-order chi connectivity index (χ1) is 6.06. The van der Waals surface area contributed by atoms with Crippen molar-refractivity contribution in [3.63, 3.8) is 0 Å². The van der Waals surface area contributed by atoms with Crippen molar-refractivity contribution < 1.29 is 19.1 Å². The van der Waals surface area contributed by atoms with E-state index in [1.54, 1.807) is 7.05 Å². The summed E-state index contributed by atoms with van der Waals surface area (Å²) in [6.45, 7) is 3.18. The van der Waals surface area contributed by atoms with Gasteiger partial charge in [-0.15, -0.1) is 0 Å². The zero-order valence-electron chi connectivity index (χ0n) is 8.12. The van der Waals surface area contributed by atoms with Crippen LogP contribution in [0.2, 0.25) is 0 Å². The number of hydrogen-bond donors (Lipinski definition) is 1. The molecule has 0 aliphatic rings. The fraction of sp³-hybridized carbons (Fsp3) is 0.750. The van der Waals surface area contributed by atoms with E-state index in [9.17, 15) is 9.59 Å². The maximum atomic E-state index is 10.6. The van der Waals surface area contributed by atoms with Crippen LogP contribution in [0.3, 0.4) is 0 Å². The molecule has 0 bridgehead atoms. The minimum atomic E-state index is -0.411. The summed E-state index contributed by atoms with van der Waals surface area (Å²) in [5.41, 5.74) is 0. The fourth-order valence-electron chi connectivity index (χ4n) is 0.807. The van der Waals surface area contributed by atoms with Crippen molar-refractivity contribution in [2.24, 2.45) is 0 Å². The summed E-state index contributed by atoms with van der Waals surface area (Å²) in [5.74, 6) is -0.763. The molecule has 0 saturated heterocycles. The average molecular weight is 189 g/mol. The molecule has 13 heavy (non-hydrogen) atoms. The van der Waals surface area contributed by atoms with E-state index in [4.69, 9.17) is 9.47 Å². The van der Waals surface area contributed by atoms with Crippen molar-refractivity contribution in [1.82, 2.24) is 5.32 Å². The Labute approximate surface area is 77.4 Å². The van der Waals surface area contributed by atoms with Crippen molar-refractivity contribution >= 4 is 11.9 Å². The number of ether oxygens (including phenoxy) is 2. The predicted octanol–water partition coefficient (Wildman–Crippen LogP) is -0.299. The maximum Gasteiger partial charge on any atom is 0.303 e. The molecule has 0 spiro atoms. The Morgan fingerprint density at radius 2 is 1.92 bits per heavy atom. The van der Waals surface area contributed by atoms with Gasteiger partial charge in [-0.2, -0.15) is 0 Å². The van der Waals surface area contributed by atoms with E-state index in [-0.39, 0.29) is 18.5 Å². The topological polar surface area (TPSA) is 64.6 Å². The number of likely N-dealkylation sites (N-methyl/N-ethyl adjacent to an activating group) is 1. The Morgan fingerprint density at radius 1 is 1.31 bits per heavy atom. The highest BCUT2D eigenvalue weighted by molar-refractivity contribution is 5.67. The second-order valence-corrected chi connectivity index (χ2v) is 2.59. The molecule has 0 aromatic rings. The van der Waals surface area contributed by atoms with Crippen LogP contribution in [0.25, 0.3) is 0 Å². The van der Waals surface area contributed by atoms with Gasteiger partial charge < -0.3 is 14.8 Å². The summed E-state index contributed by atoms with van der Waals surface area (Å²) < 4.78 is 9.56. The van der Waals surface area contributed by atoms with Crippen LogP contribution in [-0.4, -0.2) is 38.2 Å². The summed E-state index contributed by atoms with van der Waals surface area (Å²) in [6, 6.07) is 0. The molecule has 0 aromatic carbocycles. The summed E-state index contributed by atoms with van der Waals surface area (Å²) in [6.07, 6.45) is -0.411. The monoisotopic (exact) mass is 189 g/mol. The number of carbonyl (C=O) groups is 2. The summed E-state index contributed by atoms with van der Waals surface area (Å²) in [7, 11) is 1.73. The molecule has 1 atom stereocenters. The molecular formula is C8H15NO4. The normalized spacial score (nSPS) is 11.9. The Hall–Kier alpha value is -1.10. The first kappa shape index (κ1) is 11.9. The van der Waals surface area contributed by atoms with Gasteiger partial charge in [0.25, 0.3) is 0 Å². The Kier molecular flexibility index (Phi) is 5.88. The van der Waals surface area contributed by atoms with Crippen molar-refractivity contribution in [3.8, 4) is 0 Å². The van der Waals surface area contributed by atoms with Crippen LogP contribution >= 0.6 is 0 Å². The number of esters is 2. The van der Waals surface area contributed by atoms with Crippen molar-refractivity contribution in [3.05, 3.63) is 0 Å². The predicted molar refractivity (Wildman–Crippen MR) is 46.1 cm³/mol. The van der Waals surface area contributed by atoms with Crippen LogP contribution in [0.5, 0.6) is 0 Å². The highest BCUT2D eigenvalue weighted by Crippen LogP contribution is 1.93. The van der Waals surface area contributed by atoms with E-state index in [1.165, 1.54) is 13.8 Å². The average Bonchev–Trinajstić information content (AvgIpc) is 1.99. The van der Waals surface area contributed by atoms with E-state index in [0.717, 1.165) is 0 Å². The minimum Gasteiger partial charge on any atom is -0.462 e. The summed E-state index contributed by atoms with van der Waals surface area (Å²) in [5, 5.41) is 2.83. The van der Waals surface area contributed by atoms with E-state index < -0.39 is 6.10 Å². The lowest BCUT2D eigenvalue weighted by Gasteiger charge is -2.15. The number of nitrogens with one attached hydrogen (secondary N) is 1. The van der Waals surface area contributed by atoms with Crippen LogP contribution in [0.4, 0.5) is 0 Å². The first-order valence-electron chi connectivity index (χ1n) is 4.01. The number of hydrogen-bond acceptors (Lipinski definition) is 5. The first-order valence-corrected chi connectivity index (χ1v) is 4.01. The molecule has 5 nitrogen and oxygen atoms in total. The molecule has 0 aliphatic carbocycles. The molecule has 0 aromatic heterocycles. The zero-order valence-corrected chi connectivity index (χ0v) is 8.12.